The summed E-state index contributed by atoms with van der Waals surface area (Å²) in [6.45, 7) is 2.35. The van der Waals surface area contributed by atoms with E-state index in [-0.39, 0.29) is 12.1 Å². The van der Waals surface area contributed by atoms with Crippen molar-refractivity contribution in [3.63, 3.8) is 0 Å². The number of anilines is 2. The minimum absolute atomic E-state index is 0.336. The normalized spacial score (nSPS) is 9.29. The molecular weight excluding hydrogens is 222 g/mol. The quantitative estimate of drug-likeness (QED) is 0.631. The van der Waals surface area contributed by atoms with Crippen molar-refractivity contribution in [3.05, 3.63) is 18.2 Å². The Balaban J connectivity index is 2.65. The van der Waals surface area contributed by atoms with E-state index in [1.165, 1.54) is 7.05 Å². The molecule has 1 heterocycles. The van der Waals surface area contributed by atoms with Crippen molar-refractivity contribution in [3.8, 4) is 0 Å². The Morgan fingerprint density at radius 3 is 2.29 bits per heavy atom. The van der Waals surface area contributed by atoms with E-state index in [0.717, 1.165) is 0 Å². The summed E-state index contributed by atoms with van der Waals surface area (Å²) in [6, 6.07) is 4.23. The summed E-state index contributed by atoms with van der Waals surface area (Å²) in [4.78, 5) is 26.3. The average Bonchev–Trinajstić information content (AvgIpc) is 2.29. The molecule has 7 heteroatoms. The van der Waals surface area contributed by atoms with Crippen molar-refractivity contribution in [1.29, 1.82) is 0 Å². The molecular formula is C10H15N5O2. The van der Waals surface area contributed by atoms with E-state index in [0.29, 0.717) is 18.2 Å². The van der Waals surface area contributed by atoms with Gasteiger partial charge in [-0.25, -0.2) is 14.6 Å². The zero-order valence-corrected chi connectivity index (χ0v) is 9.70. The van der Waals surface area contributed by atoms with Crippen molar-refractivity contribution in [2.24, 2.45) is 0 Å². The zero-order chi connectivity index (χ0) is 12.7. The summed E-state index contributed by atoms with van der Waals surface area (Å²) in [5.74, 6) is 0.725. The summed E-state index contributed by atoms with van der Waals surface area (Å²) in [6.07, 6.45) is 0. The predicted molar refractivity (Wildman–Crippen MR) is 65.0 cm³/mol. The van der Waals surface area contributed by atoms with Crippen LogP contribution in [0.3, 0.4) is 0 Å². The van der Waals surface area contributed by atoms with Gasteiger partial charge < -0.3 is 10.6 Å². The first-order chi connectivity index (χ1) is 8.15. The molecule has 4 amide bonds. The lowest BCUT2D eigenvalue weighted by Gasteiger charge is -2.07. The standard InChI is InChI=1S/C10H15N5O2/c1-3-12-10(17)15-8-6-4-5-7(13-8)14-9(16)11-2/h4-6H,3H2,1-2H3,(H4,11,12,13,14,15,16,17). The maximum Gasteiger partial charge on any atom is 0.320 e. The molecule has 0 aromatic carbocycles. The average molecular weight is 237 g/mol. The molecule has 0 saturated heterocycles. The fourth-order valence-electron chi connectivity index (χ4n) is 1.07. The number of nitrogens with zero attached hydrogens (tertiary/aromatic N) is 1. The first kappa shape index (κ1) is 12.8. The lowest BCUT2D eigenvalue weighted by Crippen LogP contribution is -2.29. The Labute approximate surface area is 99.0 Å². The number of amides is 4. The van der Waals surface area contributed by atoms with Crippen LogP contribution in [0.1, 0.15) is 6.92 Å². The van der Waals surface area contributed by atoms with Crippen LogP contribution < -0.4 is 21.3 Å². The van der Waals surface area contributed by atoms with Gasteiger partial charge in [0.05, 0.1) is 0 Å². The SMILES string of the molecule is CCNC(=O)Nc1cccc(NC(=O)NC)n1. The molecule has 0 atom stereocenters. The van der Waals surface area contributed by atoms with Crippen LogP contribution in [0.25, 0.3) is 0 Å². The van der Waals surface area contributed by atoms with Gasteiger partial charge in [0.1, 0.15) is 11.6 Å². The smallest absolute Gasteiger partial charge is 0.320 e. The highest BCUT2D eigenvalue weighted by molar-refractivity contribution is 5.90. The van der Waals surface area contributed by atoms with Crippen molar-refractivity contribution in [2.75, 3.05) is 24.2 Å². The molecule has 7 nitrogen and oxygen atoms in total. The summed E-state index contributed by atoms with van der Waals surface area (Å²) >= 11 is 0. The summed E-state index contributed by atoms with van der Waals surface area (Å²) < 4.78 is 0. The number of rotatable bonds is 3. The highest BCUT2D eigenvalue weighted by Crippen LogP contribution is 2.08. The molecule has 0 radical (unpaired) electrons. The van der Waals surface area contributed by atoms with Gasteiger partial charge in [0.2, 0.25) is 0 Å². The fraction of sp³-hybridized carbons (Fsp3) is 0.300. The van der Waals surface area contributed by atoms with Gasteiger partial charge in [0.15, 0.2) is 0 Å². The van der Waals surface area contributed by atoms with E-state index in [9.17, 15) is 9.59 Å². The van der Waals surface area contributed by atoms with E-state index in [1.807, 2.05) is 6.92 Å². The third-order valence-electron chi connectivity index (χ3n) is 1.80. The number of urea groups is 2. The Morgan fingerprint density at radius 2 is 1.76 bits per heavy atom. The van der Waals surface area contributed by atoms with Gasteiger partial charge in [0.25, 0.3) is 0 Å². The minimum Gasteiger partial charge on any atom is -0.341 e. The minimum atomic E-state index is -0.368. The van der Waals surface area contributed by atoms with Crippen LogP contribution in [-0.4, -0.2) is 30.6 Å². The van der Waals surface area contributed by atoms with Crippen LogP contribution in [0, 0.1) is 0 Å². The number of carbonyl (C=O) groups is 2. The maximum absolute atomic E-state index is 11.2. The molecule has 0 bridgehead atoms. The van der Waals surface area contributed by atoms with Crippen molar-refractivity contribution >= 4 is 23.7 Å². The van der Waals surface area contributed by atoms with Gasteiger partial charge >= 0.3 is 12.1 Å². The number of aromatic nitrogens is 1. The van der Waals surface area contributed by atoms with Crippen molar-refractivity contribution < 1.29 is 9.59 Å². The largest absolute Gasteiger partial charge is 0.341 e. The van der Waals surface area contributed by atoms with E-state index < -0.39 is 0 Å². The lowest BCUT2D eigenvalue weighted by molar-refractivity contribution is 0.252. The summed E-state index contributed by atoms with van der Waals surface area (Å²) in [7, 11) is 1.51. The summed E-state index contributed by atoms with van der Waals surface area (Å²) in [5.41, 5.74) is 0. The third-order valence-corrected chi connectivity index (χ3v) is 1.80. The molecule has 1 aromatic heterocycles. The van der Waals surface area contributed by atoms with Crippen LogP contribution in [0.5, 0.6) is 0 Å². The van der Waals surface area contributed by atoms with Crippen LogP contribution in [0.4, 0.5) is 21.2 Å². The van der Waals surface area contributed by atoms with Gasteiger partial charge in [-0.15, -0.1) is 0 Å². The van der Waals surface area contributed by atoms with Gasteiger partial charge in [-0.2, -0.15) is 0 Å². The molecule has 0 aliphatic rings. The molecule has 17 heavy (non-hydrogen) atoms. The summed E-state index contributed by atoms with van der Waals surface area (Å²) in [5, 5.41) is 10.0. The molecule has 4 N–H and O–H groups in total. The predicted octanol–water partition coefficient (Wildman–Crippen LogP) is 0.974. The van der Waals surface area contributed by atoms with E-state index in [1.54, 1.807) is 18.2 Å². The Morgan fingerprint density at radius 1 is 1.18 bits per heavy atom. The van der Waals surface area contributed by atoms with Gasteiger partial charge in [0, 0.05) is 13.6 Å². The highest BCUT2D eigenvalue weighted by atomic mass is 16.2. The van der Waals surface area contributed by atoms with Crippen molar-refractivity contribution in [2.45, 2.75) is 6.92 Å². The fourth-order valence-corrected chi connectivity index (χ4v) is 1.07. The molecule has 0 saturated carbocycles. The zero-order valence-electron chi connectivity index (χ0n) is 9.70. The molecule has 0 spiro atoms. The van der Waals surface area contributed by atoms with Crippen LogP contribution in [0.15, 0.2) is 18.2 Å². The second-order valence-electron chi connectivity index (χ2n) is 3.10. The molecule has 0 aliphatic heterocycles. The Hall–Kier alpha value is -2.31. The van der Waals surface area contributed by atoms with E-state index in [4.69, 9.17) is 0 Å². The van der Waals surface area contributed by atoms with Crippen LogP contribution >= 0.6 is 0 Å². The number of hydrogen-bond donors (Lipinski definition) is 4. The first-order valence-corrected chi connectivity index (χ1v) is 5.16. The third kappa shape index (κ3) is 4.37. The Kier molecular flexibility index (Phi) is 4.74. The second kappa shape index (κ2) is 6.31. The van der Waals surface area contributed by atoms with Crippen LogP contribution in [0.2, 0.25) is 0 Å². The van der Waals surface area contributed by atoms with Crippen molar-refractivity contribution in [1.82, 2.24) is 15.6 Å². The van der Waals surface area contributed by atoms with E-state index >= 15 is 0 Å². The Bertz CT molecular complexity index is 407. The number of hydrogen-bond acceptors (Lipinski definition) is 3. The molecule has 0 unspecified atom stereocenters. The van der Waals surface area contributed by atoms with E-state index in [2.05, 4.69) is 26.3 Å². The molecule has 0 fully saturated rings. The lowest BCUT2D eigenvalue weighted by atomic mass is 10.4. The first-order valence-electron chi connectivity index (χ1n) is 5.16. The highest BCUT2D eigenvalue weighted by Gasteiger charge is 2.03. The monoisotopic (exact) mass is 237 g/mol. The van der Waals surface area contributed by atoms with Gasteiger partial charge in [-0.3, -0.25) is 10.6 Å². The molecule has 1 aromatic rings. The number of pyridine rings is 1. The number of carbonyl (C=O) groups excluding carboxylic acids is 2. The van der Waals surface area contributed by atoms with Gasteiger partial charge in [-0.1, -0.05) is 6.07 Å². The maximum atomic E-state index is 11.2. The molecule has 92 valence electrons. The topological polar surface area (TPSA) is 95.2 Å². The molecule has 0 aliphatic carbocycles. The van der Waals surface area contributed by atoms with Crippen LogP contribution in [-0.2, 0) is 0 Å². The van der Waals surface area contributed by atoms with Gasteiger partial charge in [-0.05, 0) is 19.1 Å². The number of nitrogens with one attached hydrogen (secondary N) is 4. The molecule has 1 rings (SSSR count). The second-order valence-corrected chi connectivity index (χ2v) is 3.10.